The van der Waals surface area contributed by atoms with E-state index in [2.05, 4.69) is 17.2 Å². The highest BCUT2D eigenvalue weighted by molar-refractivity contribution is 5.81. The molecule has 2 N–H and O–H groups in total. The number of unbranched alkanes of at least 4 members (excludes halogenated alkanes) is 3. The third-order valence-electron chi connectivity index (χ3n) is 2.53. The Kier molecular flexibility index (Phi) is 11.0. The first kappa shape index (κ1) is 16.1. The van der Waals surface area contributed by atoms with E-state index in [0.29, 0.717) is 13.2 Å². The molecule has 0 aromatic heterocycles. The second-order valence-corrected chi connectivity index (χ2v) is 4.10. The summed E-state index contributed by atoms with van der Waals surface area (Å²) in [4.78, 5) is 11.5. The van der Waals surface area contributed by atoms with Crippen LogP contribution in [0, 0.1) is 0 Å². The van der Waals surface area contributed by atoms with Gasteiger partial charge in [0, 0.05) is 13.7 Å². The van der Waals surface area contributed by atoms with Gasteiger partial charge in [-0.1, -0.05) is 12.5 Å². The molecular formula is C13H26N2O2. The van der Waals surface area contributed by atoms with Gasteiger partial charge in [0.05, 0.1) is 12.6 Å². The monoisotopic (exact) mass is 242 g/mol. The minimum Gasteiger partial charge on any atom is -0.383 e. The summed E-state index contributed by atoms with van der Waals surface area (Å²) in [5, 5.41) is 6.01. The molecule has 4 heteroatoms. The maximum absolute atomic E-state index is 11.5. The number of ether oxygens (including phenoxy) is 1. The van der Waals surface area contributed by atoms with Crippen LogP contribution >= 0.6 is 0 Å². The lowest BCUT2D eigenvalue weighted by atomic mass is 10.2. The Morgan fingerprint density at radius 1 is 1.35 bits per heavy atom. The van der Waals surface area contributed by atoms with Gasteiger partial charge in [-0.05, 0) is 32.7 Å². The van der Waals surface area contributed by atoms with Gasteiger partial charge in [0.25, 0.3) is 0 Å². The predicted octanol–water partition coefficient (Wildman–Crippen LogP) is 1.47. The van der Waals surface area contributed by atoms with E-state index < -0.39 is 0 Å². The fourth-order valence-electron chi connectivity index (χ4n) is 1.43. The van der Waals surface area contributed by atoms with Gasteiger partial charge < -0.3 is 15.4 Å². The molecule has 0 rings (SSSR count). The SMILES string of the molecule is C=CCCCCCNC(C)C(=O)NCCOC. The lowest BCUT2D eigenvalue weighted by molar-refractivity contribution is -0.122. The quantitative estimate of drug-likeness (QED) is 0.426. The summed E-state index contributed by atoms with van der Waals surface area (Å²) in [5.74, 6) is 0.0353. The van der Waals surface area contributed by atoms with Gasteiger partial charge in [-0.3, -0.25) is 4.79 Å². The van der Waals surface area contributed by atoms with Crippen LogP contribution in [0.2, 0.25) is 0 Å². The topological polar surface area (TPSA) is 50.4 Å². The summed E-state index contributed by atoms with van der Waals surface area (Å²) >= 11 is 0. The van der Waals surface area contributed by atoms with Crippen molar-refractivity contribution in [2.75, 3.05) is 26.8 Å². The molecule has 4 nitrogen and oxygen atoms in total. The van der Waals surface area contributed by atoms with Crippen molar-refractivity contribution in [1.82, 2.24) is 10.6 Å². The van der Waals surface area contributed by atoms with Crippen LogP contribution in [0.1, 0.15) is 32.6 Å². The molecule has 0 aromatic rings. The zero-order valence-corrected chi connectivity index (χ0v) is 11.1. The van der Waals surface area contributed by atoms with Gasteiger partial charge in [-0.25, -0.2) is 0 Å². The fourth-order valence-corrected chi connectivity index (χ4v) is 1.43. The number of allylic oxidation sites excluding steroid dienone is 1. The standard InChI is InChI=1S/C13H26N2O2/c1-4-5-6-7-8-9-14-12(2)13(16)15-10-11-17-3/h4,12,14H,1,5-11H2,2-3H3,(H,15,16). The molecule has 100 valence electrons. The van der Waals surface area contributed by atoms with E-state index in [-0.39, 0.29) is 11.9 Å². The number of amides is 1. The lowest BCUT2D eigenvalue weighted by Crippen LogP contribution is -2.43. The second kappa shape index (κ2) is 11.6. The number of nitrogens with one attached hydrogen (secondary N) is 2. The van der Waals surface area contributed by atoms with Crippen molar-refractivity contribution in [2.45, 2.75) is 38.6 Å². The number of hydrogen-bond acceptors (Lipinski definition) is 3. The molecule has 0 heterocycles. The van der Waals surface area contributed by atoms with Crippen LogP contribution in [0.3, 0.4) is 0 Å². The molecule has 0 fully saturated rings. The van der Waals surface area contributed by atoms with E-state index in [1.807, 2.05) is 13.0 Å². The summed E-state index contributed by atoms with van der Waals surface area (Å²) in [6.07, 6.45) is 6.48. The number of carbonyl (C=O) groups is 1. The van der Waals surface area contributed by atoms with Crippen LogP contribution in [-0.2, 0) is 9.53 Å². The maximum atomic E-state index is 11.5. The smallest absolute Gasteiger partial charge is 0.236 e. The zero-order chi connectivity index (χ0) is 12.9. The highest BCUT2D eigenvalue weighted by Gasteiger charge is 2.10. The minimum absolute atomic E-state index is 0.0353. The molecule has 0 saturated carbocycles. The van der Waals surface area contributed by atoms with Crippen molar-refractivity contribution in [3.63, 3.8) is 0 Å². The molecule has 0 aromatic carbocycles. The summed E-state index contributed by atoms with van der Waals surface area (Å²) < 4.78 is 4.86. The molecule has 0 aliphatic carbocycles. The molecule has 0 radical (unpaired) electrons. The highest BCUT2D eigenvalue weighted by Crippen LogP contribution is 1.99. The zero-order valence-electron chi connectivity index (χ0n) is 11.1. The second-order valence-electron chi connectivity index (χ2n) is 4.10. The molecule has 0 aliphatic heterocycles. The van der Waals surface area contributed by atoms with Crippen molar-refractivity contribution in [1.29, 1.82) is 0 Å². The van der Waals surface area contributed by atoms with Crippen molar-refractivity contribution in [3.05, 3.63) is 12.7 Å². The third kappa shape index (κ3) is 10.0. The van der Waals surface area contributed by atoms with Gasteiger partial charge in [0.2, 0.25) is 5.91 Å². The first-order valence-corrected chi connectivity index (χ1v) is 6.33. The van der Waals surface area contributed by atoms with Crippen molar-refractivity contribution < 1.29 is 9.53 Å². The van der Waals surface area contributed by atoms with Crippen LogP contribution in [0.15, 0.2) is 12.7 Å². The Labute approximate surface area is 105 Å². The normalized spacial score (nSPS) is 12.1. The molecule has 17 heavy (non-hydrogen) atoms. The third-order valence-corrected chi connectivity index (χ3v) is 2.53. The minimum atomic E-state index is -0.133. The van der Waals surface area contributed by atoms with Crippen LogP contribution < -0.4 is 10.6 Å². The van der Waals surface area contributed by atoms with Gasteiger partial charge in [-0.15, -0.1) is 6.58 Å². The van der Waals surface area contributed by atoms with Crippen LogP contribution in [0.25, 0.3) is 0 Å². The summed E-state index contributed by atoms with van der Waals surface area (Å²) in [7, 11) is 1.62. The van der Waals surface area contributed by atoms with Gasteiger partial charge >= 0.3 is 0 Å². The molecule has 1 atom stereocenters. The van der Waals surface area contributed by atoms with E-state index in [4.69, 9.17) is 4.74 Å². The largest absolute Gasteiger partial charge is 0.383 e. The average Bonchev–Trinajstić information content (AvgIpc) is 2.33. The highest BCUT2D eigenvalue weighted by atomic mass is 16.5. The molecule has 0 saturated heterocycles. The Balaban J connectivity index is 3.40. The van der Waals surface area contributed by atoms with E-state index in [0.717, 1.165) is 19.4 Å². The molecule has 0 spiro atoms. The van der Waals surface area contributed by atoms with Crippen LogP contribution in [0.4, 0.5) is 0 Å². The summed E-state index contributed by atoms with van der Waals surface area (Å²) in [6, 6.07) is -0.133. The molecular weight excluding hydrogens is 216 g/mol. The fraction of sp³-hybridized carbons (Fsp3) is 0.769. The average molecular weight is 242 g/mol. The van der Waals surface area contributed by atoms with Crippen molar-refractivity contribution in [3.8, 4) is 0 Å². The Hall–Kier alpha value is -0.870. The number of methoxy groups -OCH3 is 1. The first-order valence-electron chi connectivity index (χ1n) is 6.33. The van der Waals surface area contributed by atoms with E-state index >= 15 is 0 Å². The molecule has 1 amide bonds. The van der Waals surface area contributed by atoms with Gasteiger partial charge in [0.15, 0.2) is 0 Å². The Bertz CT molecular complexity index is 208. The predicted molar refractivity (Wildman–Crippen MR) is 71.0 cm³/mol. The van der Waals surface area contributed by atoms with Gasteiger partial charge in [0.1, 0.15) is 0 Å². The lowest BCUT2D eigenvalue weighted by Gasteiger charge is -2.13. The molecule has 0 aliphatic rings. The maximum Gasteiger partial charge on any atom is 0.236 e. The summed E-state index contributed by atoms with van der Waals surface area (Å²) in [6.45, 7) is 7.58. The number of hydrogen-bond donors (Lipinski definition) is 2. The summed E-state index contributed by atoms with van der Waals surface area (Å²) in [5.41, 5.74) is 0. The van der Waals surface area contributed by atoms with E-state index in [9.17, 15) is 4.79 Å². The molecule has 0 bridgehead atoms. The van der Waals surface area contributed by atoms with Gasteiger partial charge in [-0.2, -0.15) is 0 Å². The Morgan fingerprint density at radius 3 is 2.76 bits per heavy atom. The number of carbonyl (C=O) groups excluding carboxylic acids is 1. The van der Waals surface area contributed by atoms with Crippen molar-refractivity contribution in [2.24, 2.45) is 0 Å². The van der Waals surface area contributed by atoms with Crippen LogP contribution in [0.5, 0.6) is 0 Å². The molecule has 1 unspecified atom stereocenters. The Morgan fingerprint density at radius 2 is 2.12 bits per heavy atom. The van der Waals surface area contributed by atoms with Crippen molar-refractivity contribution >= 4 is 5.91 Å². The number of rotatable bonds is 11. The first-order chi connectivity index (χ1) is 8.22. The van der Waals surface area contributed by atoms with E-state index in [1.54, 1.807) is 7.11 Å². The van der Waals surface area contributed by atoms with Crippen LogP contribution in [-0.4, -0.2) is 38.8 Å². The van der Waals surface area contributed by atoms with E-state index in [1.165, 1.54) is 12.8 Å².